The van der Waals surface area contributed by atoms with E-state index < -0.39 is 11.9 Å². The van der Waals surface area contributed by atoms with Gasteiger partial charge >= 0.3 is 11.9 Å². The van der Waals surface area contributed by atoms with Crippen LogP contribution in [0.15, 0.2) is 12.2 Å². The van der Waals surface area contributed by atoms with Crippen molar-refractivity contribution in [1.82, 2.24) is 4.90 Å². The normalized spacial score (nSPS) is 17.7. The first kappa shape index (κ1) is 13.7. The summed E-state index contributed by atoms with van der Waals surface area (Å²) in [5.41, 5.74) is 0. The molecule has 1 heterocycles. The fraction of sp³-hybridized carbons (Fsp3) is 0.667. The summed E-state index contributed by atoms with van der Waals surface area (Å²) in [7, 11) is 1.26. The molecule has 0 spiro atoms. The smallest absolute Gasteiger partial charge is 0.332 e. The molecule has 0 aromatic carbocycles. The average Bonchev–Trinajstić information content (AvgIpc) is 2.61. The maximum absolute atomic E-state index is 11.2. The van der Waals surface area contributed by atoms with Crippen LogP contribution in [-0.4, -0.2) is 43.8 Å². The number of likely N-dealkylation sites (tertiary alicyclic amines) is 1. The molecule has 0 aromatic heterocycles. The van der Waals surface area contributed by atoms with Gasteiger partial charge in [0.1, 0.15) is 6.73 Å². The number of hydrogen-bond acceptors (Lipinski definition) is 5. The summed E-state index contributed by atoms with van der Waals surface area (Å²) in [4.78, 5) is 24.1. The summed E-state index contributed by atoms with van der Waals surface area (Å²) < 4.78 is 9.39. The topological polar surface area (TPSA) is 55.8 Å². The van der Waals surface area contributed by atoms with Crippen molar-refractivity contribution >= 4 is 11.9 Å². The van der Waals surface area contributed by atoms with E-state index in [2.05, 4.69) is 9.64 Å². The zero-order valence-corrected chi connectivity index (χ0v) is 10.2. The number of nitrogens with zero attached hydrogens (tertiary/aromatic N) is 1. The third-order valence-electron chi connectivity index (χ3n) is 2.64. The molecule has 0 unspecified atom stereocenters. The Labute approximate surface area is 101 Å². The molecule has 0 radical (unpaired) electrons. The molecule has 0 atom stereocenters. The van der Waals surface area contributed by atoms with E-state index in [4.69, 9.17) is 4.74 Å². The summed E-state index contributed by atoms with van der Waals surface area (Å²) in [6, 6.07) is 0. The second-order valence-electron chi connectivity index (χ2n) is 3.98. The Morgan fingerprint density at radius 3 is 2.24 bits per heavy atom. The Morgan fingerprint density at radius 2 is 1.65 bits per heavy atom. The number of methoxy groups -OCH3 is 1. The van der Waals surface area contributed by atoms with Crippen molar-refractivity contribution in [2.75, 3.05) is 26.9 Å². The van der Waals surface area contributed by atoms with Crippen molar-refractivity contribution in [2.24, 2.45) is 0 Å². The van der Waals surface area contributed by atoms with Crippen LogP contribution in [0.2, 0.25) is 0 Å². The molecule has 0 amide bonds. The third kappa shape index (κ3) is 6.06. The monoisotopic (exact) mass is 241 g/mol. The molecule has 0 bridgehead atoms. The van der Waals surface area contributed by atoms with Gasteiger partial charge in [-0.25, -0.2) is 9.59 Å². The van der Waals surface area contributed by atoms with Gasteiger partial charge in [0.15, 0.2) is 0 Å². The van der Waals surface area contributed by atoms with Crippen LogP contribution in [0.25, 0.3) is 0 Å². The molecule has 5 nitrogen and oxygen atoms in total. The molecule has 1 saturated heterocycles. The lowest BCUT2D eigenvalue weighted by atomic mass is 10.2. The van der Waals surface area contributed by atoms with Crippen molar-refractivity contribution in [1.29, 1.82) is 0 Å². The van der Waals surface area contributed by atoms with Crippen LogP contribution in [0.5, 0.6) is 0 Å². The zero-order chi connectivity index (χ0) is 12.5. The number of hydrogen-bond donors (Lipinski definition) is 0. The SMILES string of the molecule is COC(=O)/C=C/C(=O)OCN1CCCCCC1. The third-order valence-corrected chi connectivity index (χ3v) is 2.64. The molecular formula is C12H19NO4. The minimum Gasteiger partial charge on any atom is -0.466 e. The lowest BCUT2D eigenvalue weighted by molar-refractivity contribution is -0.143. The summed E-state index contributed by atoms with van der Waals surface area (Å²) in [6.07, 6.45) is 6.93. The molecule has 96 valence electrons. The lowest BCUT2D eigenvalue weighted by Crippen LogP contribution is -2.28. The standard InChI is InChI=1S/C12H19NO4/c1-16-11(14)6-7-12(15)17-10-13-8-4-2-3-5-9-13/h6-7H,2-5,8-10H2,1H3/b7-6+. The van der Waals surface area contributed by atoms with Crippen LogP contribution in [0.4, 0.5) is 0 Å². The highest BCUT2D eigenvalue weighted by Crippen LogP contribution is 2.09. The van der Waals surface area contributed by atoms with Gasteiger partial charge in [0.05, 0.1) is 7.11 Å². The van der Waals surface area contributed by atoms with E-state index in [-0.39, 0.29) is 0 Å². The summed E-state index contributed by atoms with van der Waals surface area (Å²) >= 11 is 0. The molecule has 0 N–H and O–H groups in total. The van der Waals surface area contributed by atoms with E-state index in [1.807, 2.05) is 0 Å². The molecule has 1 fully saturated rings. The van der Waals surface area contributed by atoms with Crippen LogP contribution >= 0.6 is 0 Å². The van der Waals surface area contributed by atoms with Crippen LogP contribution in [0.1, 0.15) is 25.7 Å². The number of carbonyl (C=O) groups excluding carboxylic acids is 2. The average molecular weight is 241 g/mol. The van der Waals surface area contributed by atoms with E-state index in [1.54, 1.807) is 0 Å². The Morgan fingerprint density at radius 1 is 1.06 bits per heavy atom. The predicted molar refractivity (Wildman–Crippen MR) is 62.2 cm³/mol. The highest BCUT2D eigenvalue weighted by molar-refractivity contribution is 5.91. The fourth-order valence-corrected chi connectivity index (χ4v) is 1.67. The van der Waals surface area contributed by atoms with Crippen LogP contribution < -0.4 is 0 Å². The zero-order valence-electron chi connectivity index (χ0n) is 10.2. The molecule has 0 saturated carbocycles. The van der Waals surface area contributed by atoms with Crippen molar-refractivity contribution in [3.8, 4) is 0 Å². The van der Waals surface area contributed by atoms with Gasteiger partial charge in [0.25, 0.3) is 0 Å². The van der Waals surface area contributed by atoms with Gasteiger partial charge in [-0.05, 0) is 12.8 Å². The molecule has 0 aromatic rings. The highest BCUT2D eigenvalue weighted by Gasteiger charge is 2.10. The fourth-order valence-electron chi connectivity index (χ4n) is 1.67. The Bertz CT molecular complexity index is 280. The molecular weight excluding hydrogens is 222 g/mol. The maximum atomic E-state index is 11.2. The first-order valence-corrected chi connectivity index (χ1v) is 5.87. The lowest BCUT2D eigenvalue weighted by Gasteiger charge is -2.18. The Hall–Kier alpha value is -1.36. The predicted octanol–water partition coefficient (Wildman–Crippen LogP) is 1.09. The second-order valence-corrected chi connectivity index (χ2v) is 3.98. The largest absolute Gasteiger partial charge is 0.466 e. The van der Waals surface area contributed by atoms with Crippen molar-refractivity contribution in [3.05, 3.63) is 12.2 Å². The van der Waals surface area contributed by atoms with Crippen LogP contribution in [0, 0.1) is 0 Å². The summed E-state index contributed by atoms with van der Waals surface area (Å²) in [6.45, 7) is 2.23. The minimum absolute atomic E-state index is 0.296. The molecule has 17 heavy (non-hydrogen) atoms. The van der Waals surface area contributed by atoms with Gasteiger partial charge in [-0.2, -0.15) is 0 Å². The molecule has 5 heteroatoms. The van der Waals surface area contributed by atoms with Crippen molar-refractivity contribution in [2.45, 2.75) is 25.7 Å². The quantitative estimate of drug-likeness (QED) is 0.545. The van der Waals surface area contributed by atoms with Gasteiger partial charge < -0.3 is 9.47 Å². The van der Waals surface area contributed by atoms with Crippen LogP contribution in [-0.2, 0) is 19.1 Å². The Kier molecular flexibility index (Phi) is 6.32. The van der Waals surface area contributed by atoms with Gasteiger partial charge in [-0.3, -0.25) is 4.90 Å². The van der Waals surface area contributed by atoms with E-state index in [0.29, 0.717) is 6.73 Å². The number of ether oxygens (including phenoxy) is 2. The Balaban J connectivity index is 2.22. The van der Waals surface area contributed by atoms with E-state index >= 15 is 0 Å². The maximum Gasteiger partial charge on any atom is 0.332 e. The number of carbonyl (C=O) groups is 2. The van der Waals surface area contributed by atoms with E-state index in [0.717, 1.165) is 38.1 Å². The highest BCUT2D eigenvalue weighted by atomic mass is 16.5. The summed E-state index contributed by atoms with van der Waals surface area (Å²) in [5.74, 6) is -1.07. The first-order valence-electron chi connectivity index (χ1n) is 5.87. The van der Waals surface area contributed by atoms with E-state index in [9.17, 15) is 9.59 Å². The second kappa shape index (κ2) is 7.84. The van der Waals surface area contributed by atoms with Crippen LogP contribution in [0.3, 0.4) is 0 Å². The van der Waals surface area contributed by atoms with Gasteiger partial charge in [0.2, 0.25) is 0 Å². The van der Waals surface area contributed by atoms with Crippen molar-refractivity contribution in [3.63, 3.8) is 0 Å². The van der Waals surface area contributed by atoms with Crippen molar-refractivity contribution < 1.29 is 19.1 Å². The molecule has 1 aliphatic heterocycles. The van der Waals surface area contributed by atoms with Gasteiger partial charge in [0, 0.05) is 25.2 Å². The number of esters is 2. The number of rotatable bonds is 4. The van der Waals surface area contributed by atoms with Gasteiger partial charge in [-0.15, -0.1) is 0 Å². The molecule has 0 aliphatic carbocycles. The molecule has 1 aliphatic rings. The molecule has 1 rings (SSSR count). The van der Waals surface area contributed by atoms with E-state index in [1.165, 1.54) is 20.0 Å². The summed E-state index contributed by atoms with van der Waals surface area (Å²) in [5, 5.41) is 0. The van der Waals surface area contributed by atoms with Gasteiger partial charge in [-0.1, -0.05) is 12.8 Å². The first-order chi connectivity index (χ1) is 8.22. The minimum atomic E-state index is -0.559.